The molecule has 6 nitrogen and oxygen atoms in total. The summed E-state index contributed by atoms with van der Waals surface area (Å²) < 4.78 is 5.30. The number of carbonyl (C=O) groups is 2. The molecule has 0 aliphatic carbocycles. The Balaban J connectivity index is 2.15. The monoisotopic (exact) mass is 272 g/mol. The summed E-state index contributed by atoms with van der Waals surface area (Å²) in [5.74, 6) is -0.930. The molecular weight excluding hydrogens is 248 g/mol. The molecule has 1 saturated heterocycles. The van der Waals surface area contributed by atoms with Crippen molar-refractivity contribution in [2.24, 2.45) is 0 Å². The van der Waals surface area contributed by atoms with Gasteiger partial charge >= 0.3 is 12.0 Å². The number of aliphatic carboxylic acids is 1. The van der Waals surface area contributed by atoms with Crippen LogP contribution in [0.15, 0.2) is 0 Å². The molecular formula is C13H24N2O4. The number of carboxylic acid groups (broad SMARTS) is 1. The van der Waals surface area contributed by atoms with Crippen LogP contribution in [0.3, 0.4) is 0 Å². The number of hydrogen-bond acceptors (Lipinski definition) is 3. The van der Waals surface area contributed by atoms with Gasteiger partial charge in [-0.15, -0.1) is 0 Å². The van der Waals surface area contributed by atoms with Crippen molar-refractivity contribution in [3.05, 3.63) is 0 Å². The van der Waals surface area contributed by atoms with E-state index in [0.717, 1.165) is 19.3 Å². The number of carbonyl (C=O) groups excluding carboxylic acids is 1. The van der Waals surface area contributed by atoms with Crippen molar-refractivity contribution in [2.45, 2.75) is 64.2 Å². The Bertz CT molecular complexity index is 309. The molecule has 3 atom stereocenters. The average molecular weight is 272 g/mol. The average Bonchev–Trinajstić information content (AvgIpc) is 2.83. The highest BCUT2D eigenvalue weighted by molar-refractivity contribution is 5.74. The van der Waals surface area contributed by atoms with Crippen molar-refractivity contribution >= 4 is 12.0 Å². The van der Waals surface area contributed by atoms with Crippen LogP contribution < -0.4 is 10.6 Å². The van der Waals surface area contributed by atoms with E-state index in [1.807, 2.05) is 6.92 Å². The molecule has 2 amide bonds. The number of nitrogens with one attached hydrogen (secondary N) is 2. The van der Waals surface area contributed by atoms with E-state index in [-0.39, 0.29) is 18.2 Å². The second-order valence-corrected chi connectivity index (χ2v) is 5.06. The van der Waals surface area contributed by atoms with Gasteiger partial charge < -0.3 is 20.5 Å². The van der Waals surface area contributed by atoms with Crippen molar-refractivity contribution in [3.8, 4) is 0 Å². The molecule has 0 bridgehead atoms. The molecule has 3 N–H and O–H groups in total. The predicted molar refractivity (Wildman–Crippen MR) is 71.1 cm³/mol. The lowest BCUT2D eigenvalue weighted by Crippen LogP contribution is -2.43. The normalized spacial score (nSPS) is 23.9. The molecule has 1 rings (SSSR count). The zero-order valence-corrected chi connectivity index (χ0v) is 11.6. The second kappa shape index (κ2) is 7.99. The number of ether oxygens (including phenoxy) is 1. The number of amides is 2. The van der Waals surface area contributed by atoms with E-state index in [2.05, 4.69) is 17.6 Å². The van der Waals surface area contributed by atoms with E-state index < -0.39 is 12.1 Å². The van der Waals surface area contributed by atoms with Crippen molar-refractivity contribution < 1.29 is 19.4 Å². The topological polar surface area (TPSA) is 87.7 Å². The number of urea groups is 1. The maximum Gasteiger partial charge on any atom is 0.332 e. The molecule has 110 valence electrons. The fourth-order valence-electron chi connectivity index (χ4n) is 2.10. The summed E-state index contributed by atoms with van der Waals surface area (Å²) in [6.45, 7) is 4.45. The Morgan fingerprint density at radius 2 is 2.16 bits per heavy atom. The number of hydrogen-bond donors (Lipinski definition) is 3. The van der Waals surface area contributed by atoms with E-state index in [9.17, 15) is 9.59 Å². The van der Waals surface area contributed by atoms with Crippen molar-refractivity contribution in [2.75, 3.05) is 6.54 Å². The van der Waals surface area contributed by atoms with Crippen molar-refractivity contribution in [1.29, 1.82) is 0 Å². The molecule has 1 heterocycles. The smallest absolute Gasteiger partial charge is 0.332 e. The second-order valence-electron chi connectivity index (χ2n) is 5.06. The van der Waals surface area contributed by atoms with Gasteiger partial charge in [0.1, 0.15) is 0 Å². The first kappa shape index (κ1) is 15.8. The van der Waals surface area contributed by atoms with Crippen LogP contribution in [0.4, 0.5) is 4.79 Å². The van der Waals surface area contributed by atoms with Gasteiger partial charge in [-0.1, -0.05) is 19.8 Å². The first-order valence-corrected chi connectivity index (χ1v) is 6.95. The summed E-state index contributed by atoms with van der Waals surface area (Å²) in [5.41, 5.74) is 0. The quantitative estimate of drug-likeness (QED) is 0.655. The summed E-state index contributed by atoms with van der Waals surface area (Å²) >= 11 is 0. The largest absolute Gasteiger partial charge is 0.479 e. The Labute approximate surface area is 113 Å². The van der Waals surface area contributed by atoms with Crippen LogP contribution in [0, 0.1) is 0 Å². The minimum Gasteiger partial charge on any atom is -0.479 e. The fraction of sp³-hybridized carbons (Fsp3) is 0.846. The Hall–Kier alpha value is -1.30. The van der Waals surface area contributed by atoms with E-state index in [1.165, 1.54) is 0 Å². The fourth-order valence-corrected chi connectivity index (χ4v) is 2.10. The Morgan fingerprint density at radius 3 is 2.74 bits per heavy atom. The highest BCUT2D eigenvalue weighted by Gasteiger charge is 2.30. The number of carboxylic acids is 1. The van der Waals surface area contributed by atoms with Crippen molar-refractivity contribution in [1.82, 2.24) is 10.6 Å². The molecule has 3 unspecified atom stereocenters. The minimum atomic E-state index is -0.930. The van der Waals surface area contributed by atoms with Crippen LogP contribution in [0.1, 0.15) is 46.0 Å². The van der Waals surface area contributed by atoms with Gasteiger partial charge in [0.25, 0.3) is 0 Å². The van der Waals surface area contributed by atoms with Crippen LogP contribution in [0.25, 0.3) is 0 Å². The van der Waals surface area contributed by atoms with Gasteiger partial charge in [-0.2, -0.15) is 0 Å². The lowest BCUT2D eigenvalue weighted by atomic mass is 10.1. The maximum absolute atomic E-state index is 11.6. The Morgan fingerprint density at radius 1 is 1.42 bits per heavy atom. The maximum atomic E-state index is 11.6. The van der Waals surface area contributed by atoms with Gasteiger partial charge in [-0.05, 0) is 26.2 Å². The van der Waals surface area contributed by atoms with Crippen molar-refractivity contribution in [3.63, 3.8) is 0 Å². The molecule has 0 aromatic carbocycles. The molecule has 1 aliphatic rings. The van der Waals surface area contributed by atoms with Gasteiger partial charge in [0, 0.05) is 12.6 Å². The summed E-state index contributed by atoms with van der Waals surface area (Å²) in [4.78, 5) is 22.3. The number of rotatable bonds is 7. The summed E-state index contributed by atoms with van der Waals surface area (Å²) in [6.07, 6.45) is 3.42. The number of unbranched alkanes of at least 4 members (excludes halogenated alkanes) is 1. The highest BCUT2D eigenvalue weighted by Crippen LogP contribution is 2.19. The molecule has 0 spiro atoms. The summed E-state index contributed by atoms with van der Waals surface area (Å²) in [7, 11) is 0. The van der Waals surface area contributed by atoms with E-state index in [4.69, 9.17) is 9.84 Å². The SMILES string of the molecule is CCCCC(C)NC(=O)NCC1CCC(C(=O)O)O1. The van der Waals surface area contributed by atoms with Gasteiger partial charge in [0.05, 0.1) is 6.10 Å². The van der Waals surface area contributed by atoms with Crippen LogP contribution in [0.5, 0.6) is 0 Å². The zero-order valence-electron chi connectivity index (χ0n) is 11.6. The third-order valence-corrected chi connectivity index (χ3v) is 3.24. The van der Waals surface area contributed by atoms with E-state index in [0.29, 0.717) is 19.4 Å². The minimum absolute atomic E-state index is 0.149. The van der Waals surface area contributed by atoms with Crippen LogP contribution in [-0.4, -0.2) is 41.9 Å². The summed E-state index contributed by atoms with van der Waals surface area (Å²) in [6, 6.07) is -0.0674. The van der Waals surface area contributed by atoms with Crippen LogP contribution >= 0.6 is 0 Å². The molecule has 0 saturated carbocycles. The van der Waals surface area contributed by atoms with Gasteiger partial charge in [-0.3, -0.25) is 0 Å². The molecule has 0 aromatic heterocycles. The Kier molecular flexibility index (Phi) is 6.62. The van der Waals surface area contributed by atoms with Gasteiger partial charge in [-0.25, -0.2) is 9.59 Å². The van der Waals surface area contributed by atoms with Crippen LogP contribution in [-0.2, 0) is 9.53 Å². The molecule has 19 heavy (non-hydrogen) atoms. The zero-order chi connectivity index (χ0) is 14.3. The first-order valence-electron chi connectivity index (χ1n) is 6.95. The van der Waals surface area contributed by atoms with Gasteiger partial charge in [0.2, 0.25) is 0 Å². The summed E-state index contributed by atoms with van der Waals surface area (Å²) in [5, 5.41) is 14.4. The first-order chi connectivity index (χ1) is 9.02. The lowest BCUT2D eigenvalue weighted by Gasteiger charge is -2.16. The third-order valence-electron chi connectivity index (χ3n) is 3.24. The third kappa shape index (κ3) is 5.92. The van der Waals surface area contributed by atoms with Crippen LogP contribution in [0.2, 0.25) is 0 Å². The highest BCUT2D eigenvalue weighted by atomic mass is 16.5. The van der Waals surface area contributed by atoms with Gasteiger partial charge in [0.15, 0.2) is 6.10 Å². The molecule has 6 heteroatoms. The lowest BCUT2D eigenvalue weighted by molar-refractivity contribution is -0.149. The predicted octanol–water partition coefficient (Wildman–Crippen LogP) is 1.50. The van der Waals surface area contributed by atoms with E-state index in [1.54, 1.807) is 0 Å². The standard InChI is InChI=1S/C13H24N2O4/c1-3-4-5-9(2)15-13(18)14-8-10-6-7-11(19-10)12(16)17/h9-11H,3-8H2,1-2H3,(H,16,17)(H2,14,15,18). The molecule has 0 radical (unpaired) electrons. The molecule has 1 fully saturated rings. The van der Waals surface area contributed by atoms with E-state index >= 15 is 0 Å². The molecule has 1 aliphatic heterocycles. The molecule has 0 aromatic rings.